The number of ether oxygens (including phenoxy) is 1. The molecule has 1 aliphatic heterocycles. The minimum Gasteiger partial charge on any atom is -0.444 e. The largest absolute Gasteiger partial charge is 0.444 e. The Labute approximate surface area is 192 Å². The van der Waals surface area contributed by atoms with E-state index in [1.54, 1.807) is 11.0 Å². The predicted octanol–water partition coefficient (Wildman–Crippen LogP) is 4.45. The molecule has 33 heavy (non-hydrogen) atoms. The second kappa shape index (κ2) is 9.13. The molecular weight excluding hydrogens is 423 g/mol. The van der Waals surface area contributed by atoms with E-state index in [2.05, 4.69) is 14.9 Å². The molecule has 0 unspecified atom stereocenters. The van der Waals surface area contributed by atoms with Gasteiger partial charge in [-0.15, -0.1) is 0 Å². The van der Waals surface area contributed by atoms with Gasteiger partial charge in [0.2, 0.25) is 11.7 Å². The van der Waals surface area contributed by atoms with Gasteiger partial charge in [-0.3, -0.25) is 4.79 Å². The molecule has 1 aliphatic rings. The normalized spacial score (nSPS) is 14.8. The number of amides is 1. The van der Waals surface area contributed by atoms with Crippen molar-refractivity contribution in [3.8, 4) is 0 Å². The van der Waals surface area contributed by atoms with Crippen LogP contribution in [0.25, 0.3) is 10.8 Å². The minimum atomic E-state index is -0.818. The van der Waals surface area contributed by atoms with Crippen LogP contribution in [-0.4, -0.2) is 58.5 Å². The molecule has 0 atom stereocenters. The average molecular weight is 451 g/mol. The van der Waals surface area contributed by atoms with E-state index in [0.29, 0.717) is 32.0 Å². The van der Waals surface area contributed by atoms with Gasteiger partial charge in [0.15, 0.2) is 0 Å². The number of halogens is 1. The van der Waals surface area contributed by atoms with Crippen LogP contribution >= 0.6 is 0 Å². The van der Waals surface area contributed by atoms with Crippen LogP contribution in [0.15, 0.2) is 48.7 Å². The summed E-state index contributed by atoms with van der Waals surface area (Å²) >= 11 is 0. The molecule has 0 bridgehead atoms. The summed E-state index contributed by atoms with van der Waals surface area (Å²) in [6.07, 6.45) is 1.70. The summed E-state index contributed by atoms with van der Waals surface area (Å²) in [7, 11) is 0. The summed E-state index contributed by atoms with van der Waals surface area (Å²) in [5.74, 6) is -0.689. The molecule has 172 valence electrons. The van der Waals surface area contributed by atoms with E-state index in [1.807, 2.05) is 45.0 Å². The number of benzene rings is 1. The van der Waals surface area contributed by atoms with Crippen molar-refractivity contribution in [3.63, 3.8) is 0 Å². The summed E-state index contributed by atoms with van der Waals surface area (Å²) in [4.78, 5) is 37.6. The molecule has 2 aromatic heterocycles. The maximum absolute atomic E-state index is 14.2. The zero-order valence-electron chi connectivity index (χ0n) is 19.0. The van der Waals surface area contributed by atoms with E-state index < -0.39 is 17.3 Å². The fourth-order valence-corrected chi connectivity index (χ4v) is 3.87. The Morgan fingerprint density at radius 1 is 1.03 bits per heavy atom. The van der Waals surface area contributed by atoms with Crippen molar-refractivity contribution >= 4 is 28.5 Å². The summed E-state index contributed by atoms with van der Waals surface area (Å²) in [6.45, 7) is 7.78. The zero-order valence-corrected chi connectivity index (χ0v) is 19.0. The molecule has 8 heteroatoms. The Balaban J connectivity index is 1.65. The van der Waals surface area contributed by atoms with Gasteiger partial charge in [0.25, 0.3) is 0 Å². The minimum absolute atomic E-state index is 0.113. The van der Waals surface area contributed by atoms with Gasteiger partial charge >= 0.3 is 6.09 Å². The van der Waals surface area contributed by atoms with Gasteiger partial charge in [-0.25, -0.2) is 14.8 Å². The number of pyridine rings is 2. The molecule has 0 saturated carbocycles. The first-order chi connectivity index (χ1) is 15.7. The van der Waals surface area contributed by atoms with Crippen LogP contribution < -0.4 is 4.90 Å². The first-order valence-electron chi connectivity index (χ1n) is 11.0. The van der Waals surface area contributed by atoms with Gasteiger partial charge in [0.1, 0.15) is 17.1 Å². The zero-order chi connectivity index (χ0) is 23.6. The van der Waals surface area contributed by atoms with Crippen molar-refractivity contribution in [2.45, 2.75) is 32.8 Å². The van der Waals surface area contributed by atoms with Crippen molar-refractivity contribution in [2.24, 2.45) is 0 Å². The fourth-order valence-electron chi connectivity index (χ4n) is 3.87. The van der Waals surface area contributed by atoms with E-state index in [-0.39, 0.29) is 17.4 Å². The molecule has 1 fully saturated rings. The highest BCUT2D eigenvalue weighted by Crippen LogP contribution is 2.28. The number of hydrogen-bond acceptors (Lipinski definition) is 6. The fraction of sp³-hybridized carbons (Fsp3) is 0.360. The van der Waals surface area contributed by atoms with E-state index in [4.69, 9.17) is 4.74 Å². The van der Waals surface area contributed by atoms with Gasteiger partial charge in [-0.2, -0.15) is 4.39 Å². The molecule has 1 saturated heterocycles. The van der Waals surface area contributed by atoms with E-state index in [0.717, 1.165) is 17.2 Å². The Morgan fingerprint density at radius 2 is 1.82 bits per heavy atom. The SMILES string of the molecule is CC(C)(C)OC(=O)N1CCCN(c2nc(C(=O)c3cccnc3F)cc3ccccc23)CC1. The molecular formula is C25H27FN4O3. The molecule has 0 spiro atoms. The number of hydrogen-bond donors (Lipinski definition) is 0. The lowest BCUT2D eigenvalue weighted by atomic mass is 10.1. The van der Waals surface area contributed by atoms with Crippen molar-refractivity contribution in [1.82, 2.24) is 14.9 Å². The highest BCUT2D eigenvalue weighted by Gasteiger charge is 2.26. The maximum Gasteiger partial charge on any atom is 0.410 e. The van der Waals surface area contributed by atoms with Crippen molar-refractivity contribution in [3.05, 3.63) is 65.9 Å². The number of fused-ring (bicyclic) bond motifs is 1. The monoisotopic (exact) mass is 450 g/mol. The number of carbonyl (C=O) groups excluding carboxylic acids is 2. The number of rotatable bonds is 3. The smallest absolute Gasteiger partial charge is 0.410 e. The Kier molecular flexibility index (Phi) is 6.26. The topological polar surface area (TPSA) is 75.6 Å². The first kappa shape index (κ1) is 22.6. The Hall–Kier alpha value is -3.55. The standard InChI is InChI=1S/C25H27FN4O3/c1-25(2,3)33-24(32)30-13-7-12-29(14-15-30)23-18-9-5-4-8-17(18)16-20(28-23)21(31)19-10-6-11-27-22(19)26/h4-6,8-11,16H,7,12-15H2,1-3H3. The number of ketones is 1. The Bertz CT molecular complexity index is 1190. The Morgan fingerprint density at radius 3 is 2.58 bits per heavy atom. The van der Waals surface area contributed by atoms with Crippen LogP contribution in [0.5, 0.6) is 0 Å². The summed E-state index contributed by atoms with van der Waals surface area (Å²) < 4.78 is 19.7. The molecule has 3 aromatic rings. The predicted molar refractivity (Wildman–Crippen MR) is 124 cm³/mol. The highest BCUT2D eigenvalue weighted by atomic mass is 19.1. The quantitative estimate of drug-likeness (QED) is 0.434. The molecule has 0 radical (unpaired) electrons. The van der Waals surface area contributed by atoms with Gasteiger partial charge in [0, 0.05) is 37.8 Å². The molecule has 7 nitrogen and oxygen atoms in total. The molecule has 4 rings (SSSR count). The van der Waals surface area contributed by atoms with Crippen molar-refractivity contribution in [2.75, 3.05) is 31.1 Å². The average Bonchev–Trinajstić information content (AvgIpc) is 3.03. The first-order valence-corrected chi connectivity index (χ1v) is 11.0. The number of aromatic nitrogens is 2. The van der Waals surface area contributed by atoms with E-state index in [1.165, 1.54) is 18.3 Å². The van der Waals surface area contributed by atoms with Crippen molar-refractivity contribution < 1.29 is 18.7 Å². The number of nitrogens with zero attached hydrogens (tertiary/aromatic N) is 4. The molecule has 0 aliphatic carbocycles. The number of carbonyl (C=O) groups is 2. The third kappa shape index (κ3) is 5.10. The second-order valence-corrected chi connectivity index (χ2v) is 9.03. The van der Waals surface area contributed by atoms with Gasteiger partial charge in [-0.05, 0) is 50.8 Å². The van der Waals surface area contributed by atoms with Gasteiger partial charge in [-0.1, -0.05) is 24.3 Å². The van der Waals surface area contributed by atoms with Crippen molar-refractivity contribution in [1.29, 1.82) is 0 Å². The number of anilines is 1. The van der Waals surface area contributed by atoms with E-state index in [9.17, 15) is 14.0 Å². The van der Waals surface area contributed by atoms with Crippen LogP contribution in [0.1, 0.15) is 43.2 Å². The van der Waals surface area contributed by atoms with E-state index >= 15 is 0 Å². The van der Waals surface area contributed by atoms with Crippen LogP contribution in [0.3, 0.4) is 0 Å². The van der Waals surface area contributed by atoms with Gasteiger partial charge < -0.3 is 14.5 Å². The summed E-state index contributed by atoms with van der Waals surface area (Å²) in [5.41, 5.74) is -0.515. The molecule has 0 N–H and O–H groups in total. The lowest BCUT2D eigenvalue weighted by molar-refractivity contribution is 0.0263. The third-order valence-corrected chi connectivity index (χ3v) is 5.40. The van der Waals surface area contributed by atoms with Crippen LogP contribution in [0.4, 0.5) is 15.0 Å². The van der Waals surface area contributed by atoms with Gasteiger partial charge in [0.05, 0.1) is 5.56 Å². The molecule has 1 aromatic carbocycles. The van der Waals surface area contributed by atoms with Crippen LogP contribution in [0.2, 0.25) is 0 Å². The summed E-state index contributed by atoms with van der Waals surface area (Å²) in [6, 6.07) is 12.3. The third-order valence-electron chi connectivity index (χ3n) is 5.40. The molecule has 1 amide bonds. The maximum atomic E-state index is 14.2. The molecule has 3 heterocycles. The van der Waals surface area contributed by atoms with Crippen LogP contribution in [0, 0.1) is 5.95 Å². The highest BCUT2D eigenvalue weighted by molar-refractivity contribution is 6.10. The lowest BCUT2D eigenvalue weighted by Crippen LogP contribution is -2.39. The van der Waals surface area contributed by atoms with Crippen LogP contribution in [-0.2, 0) is 4.74 Å². The summed E-state index contributed by atoms with van der Waals surface area (Å²) in [5, 5.41) is 1.73. The lowest BCUT2D eigenvalue weighted by Gasteiger charge is -2.27. The second-order valence-electron chi connectivity index (χ2n) is 9.03.